The molecule has 3 unspecified atom stereocenters. The minimum Gasteiger partial charge on any atom is -0.326 e. The van der Waals surface area contributed by atoms with Gasteiger partial charge in [0, 0.05) is 12.1 Å². The van der Waals surface area contributed by atoms with Gasteiger partial charge in [-0.3, -0.25) is 4.90 Å². The molecule has 0 amide bonds. The maximum Gasteiger partial charge on any atom is 0.0249 e. The van der Waals surface area contributed by atoms with Crippen molar-refractivity contribution in [3.8, 4) is 0 Å². The molecule has 0 radical (unpaired) electrons. The molecule has 0 aliphatic heterocycles. The monoisotopic (exact) mass is 282 g/mol. The van der Waals surface area contributed by atoms with Crippen LogP contribution in [0.5, 0.6) is 0 Å². The minimum absolute atomic E-state index is 0.400. The van der Waals surface area contributed by atoms with Crippen molar-refractivity contribution in [2.75, 3.05) is 13.1 Å². The Kier molecular flexibility index (Phi) is 8.13. The van der Waals surface area contributed by atoms with Crippen LogP contribution in [0.25, 0.3) is 0 Å². The minimum atomic E-state index is 0.400. The molecule has 0 aromatic carbocycles. The number of nitrogens with two attached hydrogens (primary N) is 1. The number of nitrogens with zero attached hydrogens (tertiary/aromatic N) is 1. The zero-order valence-electron chi connectivity index (χ0n) is 14.6. The van der Waals surface area contributed by atoms with Crippen LogP contribution in [0.4, 0.5) is 0 Å². The Morgan fingerprint density at radius 1 is 1.00 bits per heavy atom. The summed E-state index contributed by atoms with van der Waals surface area (Å²) in [6.45, 7) is 14.1. The van der Waals surface area contributed by atoms with E-state index in [2.05, 4.69) is 39.5 Å². The molecular weight excluding hydrogens is 244 g/mol. The van der Waals surface area contributed by atoms with E-state index in [1.54, 1.807) is 0 Å². The van der Waals surface area contributed by atoms with Gasteiger partial charge in [-0.2, -0.15) is 0 Å². The predicted octanol–water partition coefficient (Wildman–Crippen LogP) is 4.29. The molecule has 1 rings (SSSR count). The lowest BCUT2D eigenvalue weighted by atomic mass is 9.80. The molecule has 1 aliphatic carbocycles. The van der Waals surface area contributed by atoms with E-state index in [9.17, 15) is 0 Å². The summed E-state index contributed by atoms with van der Waals surface area (Å²) in [5.74, 6) is 2.48. The Bertz CT molecular complexity index is 238. The highest BCUT2D eigenvalue weighted by Crippen LogP contribution is 2.30. The third kappa shape index (κ3) is 6.13. The van der Waals surface area contributed by atoms with Gasteiger partial charge >= 0.3 is 0 Å². The molecule has 2 N–H and O–H groups in total. The second kappa shape index (κ2) is 9.04. The van der Waals surface area contributed by atoms with Crippen LogP contribution >= 0.6 is 0 Å². The molecule has 2 heteroatoms. The summed E-state index contributed by atoms with van der Waals surface area (Å²) in [7, 11) is 0. The highest BCUT2D eigenvalue weighted by Gasteiger charge is 2.31. The van der Waals surface area contributed by atoms with Crippen molar-refractivity contribution in [1.82, 2.24) is 4.90 Å². The molecule has 0 bridgehead atoms. The summed E-state index contributed by atoms with van der Waals surface area (Å²) in [5, 5.41) is 0. The molecule has 0 heterocycles. The molecule has 0 aromatic rings. The second-order valence-corrected chi connectivity index (χ2v) is 7.72. The average molecular weight is 283 g/mol. The van der Waals surface area contributed by atoms with E-state index in [0.717, 1.165) is 17.8 Å². The van der Waals surface area contributed by atoms with Crippen LogP contribution in [0.2, 0.25) is 0 Å². The van der Waals surface area contributed by atoms with E-state index in [0.29, 0.717) is 12.1 Å². The third-order valence-electron chi connectivity index (χ3n) is 5.01. The summed E-state index contributed by atoms with van der Waals surface area (Å²) >= 11 is 0. The normalized spacial score (nSPS) is 27.8. The fraction of sp³-hybridized carbons (Fsp3) is 1.00. The van der Waals surface area contributed by atoms with Crippen molar-refractivity contribution in [2.24, 2.45) is 23.5 Å². The van der Waals surface area contributed by atoms with Gasteiger partial charge in [0.2, 0.25) is 0 Å². The largest absolute Gasteiger partial charge is 0.326 e. The lowest BCUT2D eigenvalue weighted by molar-refractivity contribution is 0.100. The third-order valence-corrected chi connectivity index (χ3v) is 5.01. The molecule has 0 aromatic heterocycles. The summed E-state index contributed by atoms with van der Waals surface area (Å²) in [6, 6.07) is 1.03. The van der Waals surface area contributed by atoms with Crippen molar-refractivity contribution in [3.63, 3.8) is 0 Å². The lowest BCUT2D eigenvalue weighted by Gasteiger charge is -2.42. The Morgan fingerprint density at radius 3 is 2.00 bits per heavy atom. The van der Waals surface area contributed by atoms with Gasteiger partial charge in [-0.25, -0.2) is 0 Å². The smallest absolute Gasteiger partial charge is 0.0249 e. The Balaban J connectivity index is 2.62. The number of hydrogen-bond acceptors (Lipinski definition) is 2. The first kappa shape index (κ1) is 18.0. The molecule has 1 saturated carbocycles. The molecule has 2 nitrogen and oxygen atoms in total. The van der Waals surface area contributed by atoms with Gasteiger partial charge < -0.3 is 5.73 Å². The highest BCUT2D eigenvalue weighted by atomic mass is 15.2. The first-order valence-electron chi connectivity index (χ1n) is 8.93. The summed E-state index contributed by atoms with van der Waals surface area (Å²) in [4.78, 5) is 2.73. The number of hydrogen-bond donors (Lipinski definition) is 1. The molecule has 1 fully saturated rings. The highest BCUT2D eigenvalue weighted by molar-refractivity contribution is 4.89. The first-order chi connectivity index (χ1) is 9.43. The Morgan fingerprint density at radius 2 is 1.55 bits per heavy atom. The van der Waals surface area contributed by atoms with Gasteiger partial charge in [-0.05, 0) is 62.9 Å². The molecule has 120 valence electrons. The maximum absolute atomic E-state index is 6.47. The van der Waals surface area contributed by atoms with E-state index in [-0.39, 0.29) is 0 Å². The van der Waals surface area contributed by atoms with Gasteiger partial charge in [0.25, 0.3) is 0 Å². The van der Waals surface area contributed by atoms with Crippen molar-refractivity contribution < 1.29 is 0 Å². The molecule has 0 spiro atoms. The van der Waals surface area contributed by atoms with E-state index in [1.165, 1.54) is 51.6 Å². The topological polar surface area (TPSA) is 29.3 Å². The van der Waals surface area contributed by atoms with Crippen LogP contribution in [-0.4, -0.2) is 30.1 Å². The molecule has 1 aliphatic rings. The van der Waals surface area contributed by atoms with Gasteiger partial charge in [-0.1, -0.05) is 41.0 Å². The Hall–Kier alpha value is -0.0800. The van der Waals surface area contributed by atoms with E-state index in [4.69, 9.17) is 5.73 Å². The fourth-order valence-corrected chi connectivity index (χ4v) is 3.34. The van der Waals surface area contributed by atoms with Gasteiger partial charge in [-0.15, -0.1) is 0 Å². The van der Waals surface area contributed by atoms with Crippen LogP contribution in [0.1, 0.15) is 73.1 Å². The molecular formula is C18H38N2. The molecule has 0 saturated heterocycles. The van der Waals surface area contributed by atoms with Crippen LogP contribution in [0.15, 0.2) is 0 Å². The quantitative estimate of drug-likeness (QED) is 0.719. The lowest BCUT2D eigenvalue weighted by Crippen LogP contribution is -2.52. The van der Waals surface area contributed by atoms with E-state index >= 15 is 0 Å². The predicted molar refractivity (Wildman–Crippen MR) is 89.9 cm³/mol. The van der Waals surface area contributed by atoms with E-state index < -0.39 is 0 Å². The fourth-order valence-electron chi connectivity index (χ4n) is 3.34. The van der Waals surface area contributed by atoms with E-state index in [1.807, 2.05) is 0 Å². The SMILES string of the molecule is CCC1CCC(N)C(N(CCC(C)C)CCC(C)C)C1. The van der Waals surface area contributed by atoms with Crippen molar-refractivity contribution in [1.29, 1.82) is 0 Å². The van der Waals surface area contributed by atoms with Crippen molar-refractivity contribution in [3.05, 3.63) is 0 Å². The molecule has 3 atom stereocenters. The summed E-state index contributed by atoms with van der Waals surface area (Å²) in [6.07, 6.45) is 7.83. The van der Waals surface area contributed by atoms with Crippen LogP contribution in [-0.2, 0) is 0 Å². The second-order valence-electron chi connectivity index (χ2n) is 7.72. The zero-order valence-corrected chi connectivity index (χ0v) is 14.6. The molecule has 20 heavy (non-hydrogen) atoms. The van der Waals surface area contributed by atoms with Crippen LogP contribution in [0.3, 0.4) is 0 Å². The summed E-state index contributed by atoms with van der Waals surface area (Å²) in [5.41, 5.74) is 6.47. The standard InChI is InChI=1S/C18H38N2/c1-6-16-7-8-17(19)18(13-16)20(11-9-14(2)3)12-10-15(4)5/h14-18H,6-13,19H2,1-5H3. The van der Waals surface area contributed by atoms with Crippen molar-refractivity contribution in [2.45, 2.75) is 85.2 Å². The first-order valence-corrected chi connectivity index (χ1v) is 8.93. The number of rotatable bonds is 8. The average Bonchev–Trinajstić information content (AvgIpc) is 2.39. The Labute approximate surface area is 127 Å². The van der Waals surface area contributed by atoms with Crippen molar-refractivity contribution >= 4 is 0 Å². The van der Waals surface area contributed by atoms with Crippen LogP contribution < -0.4 is 5.73 Å². The summed E-state index contributed by atoms with van der Waals surface area (Å²) < 4.78 is 0. The zero-order chi connectivity index (χ0) is 15.1. The maximum atomic E-state index is 6.47. The van der Waals surface area contributed by atoms with Gasteiger partial charge in [0.1, 0.15) is 0 Å². The van der Waals surface area contributed by atoms with Gasteiger partial charge in [0.15, 0.2) is 0 Å². The van der Waals surface area contributed by atoms with Crippen LogP contribution in [0, 0.1) is 17.8 Å². The van der Waals surface area contributed by atoms with Gasteiger partial charge in [0.05, 0.1) is 0 Å².